The first-order valence-electron chi connectivity index (χ1n) is 6.52. The zero-order valence-electron chi connectivity index (χ0n) is 11.8. The lowest BCUT2D eigenvalue weighted by Crippen LogP contribution is -2.31. The maximum Gasteiger partial charge on any atom is 0.0931 e. The Hall–Kier alpha value is -1.86. The zero-order valence-corrected chi connectivity index (χ0v) is 11.8. The molecule has 1 N–H and O–H groups in total. The molecule has 0 spiro atoms. The number of fused-ring (bicyclic) bond motifs is 1. The van der Waals surface area contributed by atoms with Crippen LogP contribution in [0.3, 0.4) is 0 Å². The van der Waals surface area contributed by atoms with Gasteiger partial charge in [0.1, 0.15) is 0 Å². The first kappa shape index (κ1) is 13.6. The van der Waals surface area contributed by atoms with Crippen LogP contribution in [-0.4, -0.2) is 35.0 Å². The molecule has 0 aliphatic carbocycles. The van der Waals surface area contributed by atoms with Gasteiger partial charge in [-0.15, -0.1) is 0 Å². The summed E-state index contributed by atoms with van der Waals surface area (Å²) in [5.41, 5.74) is 3.08. The Morgan fingerprint density at radius 1 is 1.42 bits per heavy atom. The van der Waals surface area contributed by atoms with Crippen molar-refractivity contribution in [2.45, 2.75) is 20.3 Å². The molecule has 0 amide bonds. The van der Waals surface area contributed by atoms with E-state index in [9.17, 15) is 0 Å². The highest BCUT2D eigenvalue weighted by Crippen LogP contribution is 2.15. The van der Waals surface area contributed by atoms with Crippen molar-refractivity contribution in [2.75, 3.05) is 20.1 Å². The number of nitrogens with zero attached hydrogens (tertiary/aromatic N) is 3. The minimum atomic E-state index is -0.290. The molecule has 0 saturated heterocycles. The van der Waals surface area contributed by atoms with Crippen LogP contribution in [-0.2, 0) is 6.42 Å². The normalized spacial score (nSPS) is 11.9. The fraction of sp³-hybridized carbons (Fsp3) is 0.467. The molecule has 4 heteroatoms. The first-order valence-corrected chi connectivity index (χ1v) is 6.52. The van der Waals surface area contributed by atoms with Gasteiger partial charge in [-0.25, -0.2) is 4.98 Å². The van der Waals surface area contributed by atoms with E-state index in [4.69, 9.17) is 5.26 Å². The molecule has 2 aromatic rings. The third kappa shape index (κ3) is 3.55. The van der Waals surface area contributed by atoms with Crippen LogP contribution in [0.2, 0.25) is 0 Å². The van der Waals surface area contributed by atoms with E-state index in [0.717, 1.165) is 30.5 Å². The van der Waals surface area contributed by atoms with Crippen molar-refractivity contribution in [3.05, 3.63) is 30.1 Å². The van der Waals surface area contributed by atoms with Crippen molar-refractivity contribution in [3.63, 3.8) is 0 Å². The number of H-pyrrole nitrogens is 1. The van der Waals surface area contributed by atoms with Gasteiger partial charge in [0.25, 0.3) is 0 Å². The third-order valence-corrected chi connectivity index (χ3v) is 3.23. The average Bonchev–Trinajstić information content (AvgIpc) is 2.83. The molecule has 0 atom stereocenters. The summed E-state index contributed by atoms with van der Waals surface area (Å²) in [7, 11) is 2.06. The molecule has 0 aliphatic heterocycles. The Morgan fingerprint density at radius 3 is 2.95 bits per heavy atom. The summed E-state index contributed by atoms with van der Waals surface area (Å²) in [5.74, 6) is 0. The van der Waals surface area contributed by atoms with E-state index < -0.39 is 0 Å². The highest BCUT2D eigenvalue weighted by Gasteiger charge is 2.18. The summed E-state index contributed by atoms with van der Waals surface area (Å²) < 4.78 is 0. The topological polar surface area (TPSA) is 55.7 Å². The molecule has 1 heterocycles. The number of likely N-dealkylation sites (N-methyl/N-ethyl adjacent to an activating group) is 1. The van der Waals surface area contributed by atoms with Crippen molar-refractivity contribution in [3.8, 4) is 6.07 Å². The molecule has 0 fully saturated rings. The van der Waals surface area contributed by atoms with Crippen molar-refractivity contribution in [2.24, 2.45) is 5.41 Å². The number of nitrogens with one attached hydrogen (secondary N) is 1. The van der Waals surface area contributed by atoms with Crippen LogP contribution in [0.4, 0.5) is 0 Å². The van der Waals surface area contributed by atoms with Crippen LogP contribution in [0.1, 0.15) is 19.4 Å². The summed E-state index contributed by atoms with van der Waals surface area (Å²) in [6.45, 7) is 5.68. The van der Waals surface area contributed by atoms with Gasteiger partial charge in [0.15, 0.2) is 0 Å². The van der Waals surface area contributed by atoms with Gasteiger partial charge in [-0.3, -0.25) is 0 Å². The molecule has 0 aliphatic rings. The fourth-order valence-corrected chi connectivity index (χ4v) is 2.25. The van der Waals surface area contributed by atoms with Gasteiger partial charge in [0, 0.05) is 13.1 Å². The second kappa shape index (κ2) is 5.41. The second-order valence-electron chi connectivity index (χ2n) is 5.74. The molecule has 0 bridgehead atoms. The Balaban J connectivity index is 1.93. The maximum absolute atomic E-state index is 9.04. The summed E-state index contributed by atoms with van der Waals surface area (Å²) >= 11 is 0. The van der Waals surface area contributed by atoms with Crippen molar-refractivity contribution in [1.29, 1.82) is 5.26 Å². The minimum Gasteiger partial charge on any atom is -0.345 e. The van der Waals surface area contributed by atoms with Crippen molar-refractivity contribution >= 4 is 11.0 Å². The van der Waals surface area contributed by atoms with Gasteiger partial charge < -0.3 is 9.88 Å². The number of benzene rings is 1. The van der Waals surface area contributed by atoms with Crippen LogP contribution in [0, 0.1) is 16.7 Å². The van der Waals surface area contributed by atoms with Crippen LogP contribution in [0.25, 0.3) is 11.0 Å². The van der Waals surface area contributed by atoms with Gasteiger partial charge in [-0.1, -0.05) is 6.07 Å². The SMILES string of the molecule is CN(CCc1ccc2nc[nH]c2c1)CC(C)(C)C#N. The minimum absolute atomic E-state index is 0.290. The van der Waals surface area contributed by atoms with E-state index in [1.165, 1.54) is 5.56 Å². The third-order valence-electron chi connectivity index (χ3n) is 3.23. The molecule has 1 aromatic heterocycles. The Morgan fingerprint density at radius 2 is 2.21 bits per heavy atom. The summed E-state index contributed by atoms with van der Waals surface area (Å²) in [6, 6.07) is 8.64. The highest BCUT2D eigenvalue weighted by molar-refractivity contribution is 5.75. The number of aromatic nitrogens is 2. The number of nitriles is 1. The summed E-state index contributed by atoms with van der Waals surface area (Å²) in [6.07, 6.45) is 2.70. The molecule has 4 nitrogen and oxygen atoms in total. The van der Waals surface area contributed by atoms with E-state index in [2.05, 4.69) is 40.1 Å². The predicted molar refractivity (Wildman–Crippen MR) is 76.7 cm³/mol. The lowest BCUT2D eigenvalue weighted by molar-refractivity contribution is 0.258. The van der Waals surface area contributed by atoms with Crippen LogP contribution in [0.15, 0.2) is 24.5 Å². The lowest BCUT2D eigenvalue weighted by Gasteiger charge is -2.24. The Bertz CT molecular complexity index is 591. The van der Waals surface area contributed by atoms with Gasteiger partial charge in [-0.05, 0) is 45.0 Å². The molecule has 1 aromatic carbocycles. The molecule has 100 valence electrons. The van der Waals surface area contributed by atoms with Gasteiger partial charge >= 0.3 is 0 Å². The summed E-state index contributed by atoms with van der Waals surface area (Å²) in [5, 5.41) is 9.04. The monoisotopic (exact) mass is 256 g/mol. The second-order valence-corrected chi connectivity index (χ2v) is 5.74. The van der Waals surface area contributed by atoms with E-state index in [1.54, 1.807) is 6.33 Å². The first-order chi connectivity index (χ1) is 9.00. The summed E-state index contributed by atoms with van der Waals surface area (Å²) in [4.78, 5) is 9.55. The van der Waals surface area contributed by atoms with Gasteiger partial charge in [0.2, 0.25) is 0 Å². The quantitative estimate of drug-likeness (QED) is 0.894. The van der Waals surface area contributed by atoms with E-state index in [-0.39, 0.29) is 5.41 Å². The highest BCUT2D eigenvalue weighted by atomic mass is 15.1. The smallest absolute Gasteiger partial charge is 0.0931 e. The zero-order chi connectivity index (χ0) is 13.9. The molecule has 0 saturated carbocycles. The van der Waals surface area contributed by atoms with Crippen LogP contribution in [0.5, 0.6) is 0 Å². The largest absolute Gasteiger partial charge is 0.345 e. The van der Waals surface area contributed by atoms with Gasteiger partial charge in [0.05, 0.1) is 28.8 Å². The average molecular weight is 256 g/mol. The Labute approximate surface area is 114 Å². The van der Waals surface area contributed by atoms with E-state index >= 15 is 0 Å². The number of rotatable bonds is 5. The number of hydrogen-bond donors (Lipinski definition) is 1. The molecule has 0 unspecified atom stereocenters. The Kier molecular flexibility index (Phi) is 3.87. The predicted octanol–water partition coefficient (Wildman–Crippen LogP) is 2.59. The number of imidazole rings is 1. The van der Waals surface area contributed by atoms with Crippen molar-refractivity contribution < 1.29 is 0 Å². The lowest BCUT2D eigenvalue weighted by atomic mass is 9.95. The molecular weight excluding hydrogens is 236 g/mol. The molecule has 2 rings (SSSR count). The molecular formula is C15H20N4. The number of aromatic amines is 1. The van der Waals surface area contributed by atoms with Crippen LogP contribution >= 0.6 is 0 Å². The van der Waals surface area contributed by atoms with Crippen LogP contribution < -0.4 is 0 Å². The van der Waals surface area contributed by atoms with E-state index in [1.807, 2.05) is 19.9 Å². The van der Waals surface area contributed by atoms with Gasteiger partial charge in [-0.2, -0.15) is 5.26 Å². The standard InChI is InChI=1S/C15H20N4/c1-15(2,9-16)10-19(3)7-6-12-4-5-13-14(8-12)18-11-17-13/h4-5,8,11H,6-7,10H2,1-3H3,(H,17,18). The molecule has 0 radical (unpaired) electrons. The maximum atomic E-state index is 9.04. The van der Waals surface area contributed by atoms with E-state index in [0.29, 0.717) is 0 Å². The fourth-order valence-electron chi connectivity index (χ4n) is 2.25. The van der Waals surface area contributed by atoms with Crippen molar-refractivity contribution in [1.82, 2.24) is 14.9 Å². The number of hydrogen-bond acceptors (Lipinski definition) is 3. The molecule has 19 heavy (non-hydrogen) atoms.